The highest BCUT2D eigenvalue weighted by Gasteiger charge is 2.14. The van der Waals surface area contributed by atoms with Crippen LogP contribution in [0.25, 0.3) is 0 Å². The molecule has 2 rings (SSSR count). The molecule has 16 heavy (non-hydrogen) atoms. The van der Waals surface area contributed by atoms with Gasteiger partial charge in [0, 0.05) is 18.9 Å². The second kappa shape index (κ2) is 4.14. The van der Waals surface area contributed by atoms with Crippen molar-refractivity contribution in [3.8, 4) is 0 Å². The average molecular weight is 219 g/mol. The number of rotatable bonds is 2. The van der Waals surface area contributed by atoms with Gasteiger partial charge in [0.2, 0.25) is 0 Å². The van der Waals surface area contributed by atoms with Crippen LogP contribution in [0.15, 0.2) is 36.7 Å². The van der Waals surface area contributed by atoms with Gasteiger partial charge in [0.25, 0.3) is 5.91 Å². The molecule has 2 aromatic rings. The van der Waals surface area contributed by atoms with Gasteiger partial charge in [0.1, 0.15) is 5.82 Å². The highest BCUT2D eigenvalue weighted by atomic mass is 19.1. The minimum atomic E-state index is -0.371. The van der Waals surface area contributed by atoms with Gasteiger partial charge in [-0.15, -0.1) is 0 Å². The zero-order chi connectivity index (χ0) is 11.5. The molecule has 1 N–H and O–H groups in total. The molecule has 0 unspecified atom stereocenters. The van der Waals surface area contributed by atoms with Crippen molar-refractivity contribution in [1.29, 1.82) is 0 Å². The van der Waals surface area contributed by atoms with Crippen molar-refractivity contribution < 1.29 is 9.18 Å². The van der Waals surface area contributed by atoms with Crippen molar-refractivity contribution in [2.45, 2.75) is 0 Å². The van der Waals surface area contributed by atoms with Gasteiger partial charge in [0.15, 0.2) is 0 Å². The minimum absolute atomic E-state index is 0.237. The van der Waals surface area contributed by atoms with Crippen LogP contribution in [-0.4, -0.2) is 23.2 Å². The number of hydrogen-bond donors (Lipinski definition) is 1. The van der Waals surface area contributed by atoms with Crippen molar-refractivity contribution in [1.82, 2.24) is 10.2 Å². The van der Waals surface area contributed by atoms with Crippen molar-refractivity contribution in [3.63, 3.8) is 0 Å². The third-order valence-corrected chi connectivity index (χ3v) is 2.25. The molecule has 0 fully saturated rings. The number of carbonyl (C=O) groups excluding carboxylic acids is 1. The number of anilines is 1. The van der Waals surface area contributed by atoms with Crippen LogP contribution in [0.4, 0.5) is 10.1 Å². The van der Waals surface area contributed by atoms with E-state index in [2.05, 4.69) is 10.2 Å². The number of aromatic amines is 1. The SMILES string of the molecule is CN(C(=O)c1cn[nH]c1)c1cccc(F)c1. The van der Waals surface area contributed by atoms with Crippen LogP contribution in [0.5, 0.6) is 0 Å². The molecular formula is C11H10FN3O. The van der Waals surface area contributed by atoms with E-state index >= 15 is 0 Å². The second-order valence-corrected chi connectivity index (χ2v) is 3.33. The molecule has 0 spiro atoms. The summed E-state index contributed by atoms with van der Waals surface area (Å²) in [7, 11) is 1.59. The highest BCUT2D eigenvalue weighted by Crippen LogP contribution is 2.15. The Morgan fingerprint density at radius 2 is 2.31 bits per heavy atom. The maximum absolute atomic E-state index is 13.0. The Morgan fingerprint density at radius 1 is 1.50 bits per heavy atom. The summed E-state index contributed by atoms with van der Waals surface area (Å²) in [6, 6.07) is 5.86. The summed E-state index contributed by atoms with van der Waals surface area (Å²) in [6.45, 7) is 0. The number of carbonyl (C=O) groups is 1. The number of amides is 1. The van der Waals surface area contributed by atoms with Crippen molar-refractivity contribution in [2.75, 3.05) is 11.9 Å². The summed E-state index contributed by atoms with van der Waals surface area (Å²) in [5, 5.41) is 6.25. The van der Waals surface area contributed by atoms with E-state index in [4.69, 9.17) is 0 Å². The third kappa shape index (κ3) is 1.93. The number of H-pyrrole nitrogens is 1. The summed E-state index contributed by atoms with van der Waals surface area (Å²) in [6.07, 6.45) is 2.93. The zero-order valence-corrected chi connectivity index (χ0v) is 8.64. The number of halogens is 1. The Balaban J connectivity index is 2.26. The zero-order valence-electron chi connectivity index (χ0n) is 8.64. The van der Waals surface area contributed by atoms with Crippen LogP contribution < -0.4 is 4.90 Å². The first kappa shape index (κ1) is 10.4. The van der Waals surface area contributed by atoms with Gasteiger partial charge < -0.3 is 4.90 Å². The lowest BCUT2D eigenvalue weighted by atomic mass is 10.2. The molecule has 0 saturated carbocycles. The Kier molecular flexibility index (Phi) is 2.68. The molecule has 0 bridgehead atoms. The number of aromatic nitrogens is 2. The third-order valence-electron chi connectivity index (χ3n) is 2.25. The molecule has 1 aromatic heterocycles. The van der Waals surface area contributed by atoms with Gasteiger partial charge >= 0.3 is 0 Å². The van der Waals surface area contributed by atoms with Gasteiger partial charge in [-0.25, -0.2) is 4.39 Å². The maximum Gasteiger partial charge on any atom is 0.261 e. The van der Waals surface area contributed by atoms with Crippen LogP contribution in [0.2, 0.25) is 0 Å². The van der Waals surface area contributed by atoms with Crippen molar-refractivity contribution in [3.05, 3.63) is 48.0 Å². The predicted molar refractivity (Wildman–Crippen MR) is 57.7 cm³/mol. The topological polar surface area (TPSA) is 49.0 Å². The van der Waals surface area contributed by atoms with Gasteiger partial charge in [-0.1, -0.05) is 6.07 Å². The molecule has 1 heterocycles. The van der Waals surface area contributed by atoms with Crippen LogP contribution in [0.1, 0.15) is 10.4 Å². The number of nitrogens with zero attached hydrogens (tertiary/aromatic N) is 2. The van der Waals surface area contributed by atoms with E-state index in [-0.39, 0.29) is 11.7 Å². The largest absolute Gasteiger partial charge is 0.311 e. The van der Waals surface area contributed by atoms with E-state index in [0.717, 1.165) is 0 Å². The summed E-state index contributed by atoms with van der Waals surface area (Å²) in [5.41, 5.74) is 0.943. The Labute approximate surface area is 91.7 Å². The van der Waals surface area contributed by atoms with Gasteiger partial charge in [0.05, 0.1) is 11.8 Å². The molecule has 0 saturated heterocycles. The second-order valence-electron chi connectivity index (χ2n) is 3.33. The summed E-state index contributed by atoms with van der Waals surface area (Å²) < 4.78 is 13.0. The normalized spacial score (nSPS) is 10.1. The van der Waals surface area contributed by atoms with E-state index in [1.54, 1.807) is 19.2 Å². The molecular weight excluding hydrogens is 209 g/mol. The standard InChI is InChI=1S/C11H10FN3O/c1-15(10-4-2-3-9(12)5-10)11(16)8-6-13-14-7-8/h2-7H,1H3,(H,13,14). The number of benzene rings is 1. The van der Waals surface area contributed by atoms with E-state index in [1.165, 1.54) is 29.4 Å². The van der Waals surface area contributed by atoms with E-state index in [1.807, 2.05) is 0 Å². The van der Waals surface area contributed by atoms with Gasteiger partial charge in [-0.2, -0.15) is 5.10 Å². The number of nitrogens with one attached hydrogen (secondary N) is 1. The van der Waals surface area contributed by atoms with E-state index in [9.17, 15) is 9.18 Å². The molecule has 0 aliphatic rings. The first-order chi connectivity index (χ1) is 7.68. The Hall–Kier alpha value is -2.17. The van der Waals surface area contributed by atoms with Crippen LogP contribution in [0, 0.1) is 5.82 Å². The molecule has 0 aliphatic heterocycles. The Morgan fingerprint density at radius 3 is 2.94 bits per heavy atom. The summed E-state index contributed by atoms with van der Waals surface area (Å²) in [4.78, 5) is 13.2. The molecule has 0 atom stereocenters. The van der Waals surface area contributed by atoms with E-state index < -0.39 is 0 Å². The minimum Gasteiger partial charge on any atom is -0.311 e. The maximum atomic E-state index is 13.0. The summed E-state index contributed by atoms with van der Waals surface area (Å²) in [5.74, 6) is -0.608. The fourth-order valence-corrected chi connectivity index (χ4v) is 1.36. The van der Waals surface area contributed by atoms with Crippen molar-refractivity contribution in [2.24, 2.45) is 0 Å². The lowest BCUT2D eigenvalue weighted by Crippen LogP contribution is -2.25. The molecule has 82 valence electrons. The van der Waals surface area contributed by atoms with Crippen molar-refractivity contribution >= 4 is 11.6 Å². The molecule has 1 aromatic carbocycles. The molecule has 0 radical (unpaired) electrons. The molecule has 5 heteroatoms. The van der Waals surface area contributed by atoms with Crippen LogP contribution >= 0.6 is 0 Å². The lowest BCUT2D eigenvalue weighted by molar-refractivity contribution is 0.0993. The van der Waals surface area contributed by atoms with E-state index in [0.29, 0.717) is 11.3 Å². The predicted octanol–water partition coefficient (Wildman–Crippen LogP) is 1.83. The number of hydrogen-bond acceptors (Lipinski definition) is 2. The molecule has 4 nitrogen and oxygen atoms in total. The van der Waals surface area contributed by atoms with Crippen LogP contribution in [-0.2, 0) is 0 Å². The highest BCUT2D eigenvalue weighted by molar-refractivity contribution is 6.05. The summed E-state index contributed by atoms with van der Waals surface area (Å²) >= 11 is 0. The first-order valence-electron chi connectivity index (χ1n) is 4.71. The lowest BCUT2D eigenvalue weighted by Gasteiger charge is -2.16. The van der Waals surface area contributed by atoms with Gasteiger partial charge in [-0.3, -0.25) is 9.89 Å². The monoisotopic (exact) mass is 219 g/mol. The molecule has 0 aliphatic carbocycles. The van der Waals surface area contributed by atoms with Crippen LogP contribution in [0.3, 0.4) is 0 Å². The fraction of sp³-hybridized carbons (Fsp3) is 0.0909. The quantitative estimate of drug-likeness (QED) is 0.837. The first-order valence-corrected chi connectivity index (χ1v) is 4.71. The fourth-order valence-electron chi connectivity index (χ4n) is 1.36. The van der Waals surface area contributed by atoms with Gasteiger partial charge in [-0.05, 0) is 18.2 Å². The average Bonchev–Trinajstić information content (AvgIpc) is 2.80. The Bertz CT molecular complexity index is 496. The smallest absolute Gasteiger partial charge is 0.261 e. The molecule has 1 amide bonds.